The summed E-state index contributed by atoms with van der Waals surface area (Å²) < 4.78 is 11.6. The molecule has 1 aromatic heterocycles. The van der Waals surface area contributed by atoms with Crippen LogP contribution in [0.2, 0.25) is 0 Å². The molecule has 134 valence electrons. The van der Waals surface area contributed by atoms with Crippen LogP contribution in [0.15, 0.2) is 34.9 Å². The fourth-order valence-corrected chi connectivity index (χ4v) is 2.35. The number of hydrogen-bond donors (Lipinski definition) is 3. The summed E-state index contributed by atoms with van der Waals surface area (Å²) >= 11 is 3.24. The number of carbonyl (C=O) groups excluding carboxylic acids is 2. The number of hydrazine groups is 1. The van der Waals surface area contributed by atoms with Gasteiger partial charge in [-0.05, 0) is 46.6 Å². The molecule has 2 rings (SSSR count). The molecule has 0 aliphatic heterocycles. The molecule has 0 saturated heterocycles. The Morgan fingerprint density at radius 1 is 1.16 bits per heavy atom. The molecule has 0 aliphatic carbocycles. The van der Waals surface area contributed by atoms with Crippen molar-refractivity contribution in [1.29, 1.82) is 0 Å². The Labute approximate surface area is 154 Å². The fraction of sp³-hybridized carbons (Fsp3) is 0.294. The maximum Gasteiger partial charge on any atom is 0.286 e. The number of carbonyl (C=O) groups is 2. The highest BCUT2D eigenvalue weighted by molar-refractivity contribution is 9.10. The van der Waals surface area contributed by atoms with Crippen LogP contribution in [0.5, 0.6) is 11.5 Å². The highest BCUT2D eigenvalue weighted by atomic mass is 79.9. The van der Waals surface area contributed by atoms with E-state index in [1.54, 1.807) is 30.5 Å². The third-order valence-electron chi connectivity index (χ3n) is 3.36. The molecule has 0 aliphatic rings. The average Bonchev–Trinajstić information content (AvgIpc) is 3.06. The van der Waals surface area contributed by atoms with Crippen molar-refractivity contribution in [2.45, 2.75) is 19.8 Å². The third kappa shape index (κ3) is 5.25. The number of methoxy groups -OCH3 is 1. The summed E-state index contributed by atoms with van der Waals surface area (Å²) in [6, 6.07) is 6.45. The quantitative estimate of drug-likeness (QED) is 0.483. The van der Waals surface area contributed by atoms with Crippen LogP contribution in [0.3, 0.4) is 0 Å². The van der Waals surface area contributed by atoms with E-state index in [0.29, 0.717) is 29.4 Å². The first-order chi connectivity index (χ1) is 12.0. The highest BCUT2D eigenvalue weighted by Gasteiger charge is 2.13. The van der Waals surface area contributed by atoms with E-state index in [9.17, 15) is 9.59 Å². The molecular formula is C17H20BrN3O4. The van der Waals surface area contributed by atoms with E-state index in [1.807, 2.05) is 0 Å². The van der Waals surface area contributed by atoms with Crippen molar-refractivity contribution in [3.05, 3.63) is 46.2 Å². The predicted molar refractivity (Wildman–Crippen MR) is 96.8 cm³/mol. The lowest BCUT2D eigenvalue weighted by Gasteiger charge is -2.12. The summed E-state index contributed by atoms with van der Waals surface area (Å²) in [5.41, 5.74) is 5.37. The van der Waals surface area contributed by atoms with Crippen LogP contribution in [-0.4, -0.2) is 30.5 Å². The van der Waals surface area contributed by atoms with Gasteiger partial charge in [-0.1, -0.05) is 13.3 Å². The lowest BCUT2D eigenvalue weighted by Crippen LogP contribution is -2.41. The molecule has 2 amide bonds. The van der Waals surface area contributed by atoms with Crippen LogP contribution >= 0.6 is 15.9 Å². The zero-order valence-corrected chi connectivity index (χ0v) is 15.6. The molecule has 1 aromatic carbocycles. The van der Waals surface area contributed by atoms with Crippen molar-refractivity contribution >= 4 is 27.7 Å². The van der Waals surface area contributed by atoms with E-state index < -0.39 is 11.8 Å². The molecule has 0 bridgehead atoms. The van der Waals surface area contributed by atoms with Crippen LogP contribution in [0, 0.1) is 0 Å². The van der Waals surface area contributed by atoms with Crippen LogP contribution < -0.4 is 20.3 Å². The first kappa shape index (κ1) is 18.9. The van der Waals surface area contributed by atoms with Crippen molar-refractivity contribution in [2.24, 2.45) is 0 Å². The van der Waals surface area contributed by atoms with Gasteiger partial charge in [-0.2, -0.15) is 0 Å². The number of unbranched alkanes of at least 4 members (excludes halogenated alkanes) is 1. The van der Waals surface area contributed by atoms with Crippen molar-refractivity contribution in [1.82, 2.24) is 15.8 Å². The van der Waals surface area contributed by atoms with E-state index in [0.717, 1.165) is 17.3 Å². The van der Waals surface area contributed by atoms with Crippen LogP contribution in [0.1, 0.15) is 40.6 Å². The van der Waals surface area contributed by atoms with Crippen LogP contribution in [-0.2, 0) is 0 Å². The molecule has 0 spiro atoms. The van der Waals surface area contributed by atoms with Crippen molar-refractivity contribution in [2.75, 3.05) is 13.7 Å². The minimum absolute atomic E-state index is 0.324. The summed E-state index contributed by atoms with van der Waals surface area (Å²) in [5, 5.41) is 0. The van der Waals surface area contributed by atoms with Crippen molar-refractivity contribution < 1.29 is 19.1 Å². The van der Waals surface area contributed by atoms with E-state index in [-0.39, 0.29) is 0 Å². The van der Waals surface area contributed by atoms with Crippen molar-refractivity contribution in [3.63, 3.8) is 0 Å². The Hall–Kier alpha value is -2.48. The molecule has 25 heavy (non-hydrogen) atoms. The maximum atomic E-state index is 12.2. The number of halogens is 1. The van der Waals surface area contributed by atoms with Gasteiger partial charge in [-0.25, -0.2) is 0 Å². The summed E-state index contributed by atoms with van der Waals surface area (Å²) in [6.07, 6.45) is 3.59. The lowest BCUT2D eigenvalue weighted by atomic mass is 10.2. The second-order valence-corrected chi connectivity index (χ2v) is 6.12. The van der Waals surface area contributed by atoms with Gasteiger partial charge >= 0.3 is 0 Å². The number of nitrogens with one attached hydrogen (secondary N) is 3. The maximum absolute atomic E-state index is 12.2. The zero-order valence-electron chi connectivity index (χ0n) is 14.0. The zero-order chi connectivity index (χ0) is 18.2. The van der Waals surface area contributed by atoms with Gasteiger partial charge in [0.25, 0.3) is 11.8 Å². The highest BCUT2D eigenvalue weighted by Crippen LogP contribution is 2.28. The number of rotatable bonds is 7. The Kier molecular flexibility index (Phi) is 6.88. The van der Waals surface area contributed by atoms with Gasteiger partial charge < -0.3 is 14.5 Å². The van der Waals surface area contributed by atoms with Gasteiger partial charge in [-0.3, -0.25) is 20.4 Å². The fourth-order valence-electron chi connectivity index (χ4n) is 2.01. The molecule has 1 heterocycles. The third-order valence-corrected chi connectivity index (χ3v) is 3.82. The molecule has 3 N–H and O–H groups in total. The SMILES string of the molecule is CCCCOc1ccc(C(=O)NNC(=O)c2cc(Br)c[nH]2)cc1OC. The van der Waals surface area contributed by atoms with E-state index in [1.165, 1.54) is 7.11 Å². The second kappa shape index (κ2) is 9.12. The number of benzene rings is 1. The number of hydrogen-bond acceptors (Lipinski definition) is 4. The largest absolute Gasteiger partial charge is 0.493 e. The first-order valence-corrected chi connectivity index (χ1v) is 8.60. The summed E-state index contributed by atoms with van der Waals surface area (Å²) in [4.78, 5) is 26.9. The number of amides is 2. The Bertz CT molecular complexity index is 745. The molecule has 8 heteroatoms. The summed E-state index contributed by atoms with van der Waals surface area (Å²) in [5.74, 6) is 0.124. The number of H-pyrrole nitrogens is 1. The van der Waals surface area contributed by atoms with Crippen LogP contribution in [0.4, 0.5) is 0 Å². The topological polar surface area (TPSA) is 92.5 Å². The minimum Gasteiger partial charge on any atom is -0.493 e. The molecule has 7 nitrogen and oxygen atoms in total. The molecule has 0 atom stereocenters. The number of ether oxygens (including phenoxy) is 2. The molecule has 0 unspecified atom stereocenters. The predicted octanol–water partition coefficient (Wildman–Crippen LogP) is 3.04. The van der Waals surface area contributed by atoms with E-state index in [2.05, 4.69) is 38.7 Å². The summed E-state index contributed by atoms with van der Waals surface area (Å²) in [7, 11) is 1.51. The molecule has 0 radical (unpaired) electrons. The molecular weight excluding hydrogens is 390 g/mol. The van der Waals surface area contributed by atoms with Crippen LogP contribution in [0.25, 0.3) is 0 Å². The Balaban J connectivity index is 1.97. The molecule has 2 aromatic rings. The molecule has 0 saturated carbocycles. The first-order valence-electron chi connectivity index (χ1n) is 7.80. The lowest BCUT2D eigenvalue weighted by molar-refractivity contribution is 0.0844. The van der Waals surface area contributed by atoms with E-state index >= 15 is 0 Å². The van der Waals surface area contributed by atoms with Crippen molar-refractivity contribution in [3.8, 4) is 11.5 Å². The summed E-state index contributed by atoms with van der Waals surface area (Å²) in [6.45, 7) is 2.66. The van der Waals surface area contributed by atoms with Gasteiger partial charge in [0.1, 0.15) is 5.69 Å². The Morgan fingerprint density at radius 3 is 2.56 bits per heavy atom. The van der Waals surface area contributed by atoms with Gasteiger partial charge in [-0.15, -0.1) is 0 Å². The van der Waals surface area contributed by atoms with Gasteiger partial charge in [0.2, 0.25) is 0 Å². The second-order valence-electron chi connectivity index (χ2n) is 5.21. The Morgan fingerprint density at radius 2 is 1.92 bits per heavy atom. The smallest absolute Gasteiger partial charge is 0.286 e. The van der Waals surface area contributed by atoms with Gasteiger partial charge in [0.05, 0.1) is 13.7 Å². The standard InChI is InChI=1S/C17H20BrN3O4/c1-3-4-7-25-14-6-5-11(8-15(14)24-2)16(22)20-21-17(23)13-9-12(18)10-19-13/h5-6,8-10,19H,3-4,7H2,1-2H3,(H,20,22)(H,21,23). The van der Waals surface area contributed by atoms with Gasteiger partial charge in [0, 0.05) is 16.2 Å². The molecule has 0 fully saturated rings. The number of aromatic amines is 1. The van der Waals surface area contributed by atoms with Gasteiger partial charge in [0.15, 0.2) is 11.5 Å². The number of aromatic nitrogens is 1. The normalized spacial score (nSPS) is 10.2. The monoisotopic (exact) mass is 409 g/mol. The minimum atomic E-state index is -0.461. The average molecular weight is 410 g/mol. The van der Waals surface area contributed by atoms with E-state index in [4.69, 9.17) is 9.47 Å².